The maximum Gasteiger partial charge on any atom is 0.136 e. The van der Waals surface area contributed by atoms with Gasteiger partial charge in [-0.05, 0) is 31.7 Å². The summed E-state index contributed by atoms with van der Waals surface area (Å²) >= 11 is 0. The lowest BCUT2D eigenvalue weighted by Crippen LogP contribution is -2.86. The largest absolute Gasteiger partial charge is 0.392 e. The summed E-state index contributed by atoms with van der Waals surface area (Å²) in [5.41, 5.74) is -3.69. The standard InChI is InChI=1S/C24H37NO7/c1-5-25-19-23-12-8-11-13(30-3)9-22(27,15(12)16(11)26)24(19,28)18(31-4)17(23)21(10-29-2)7-6-14(23)32-20(21)25/h11-20,26-28H,5-10H2,1-4H3/t11-,12-,13+,14+,15-,16+,17-,18+,19+,20-,21+,22-,23+,24+/m1/s1. The number of nitrogens with zero attached hydrogens (tertiary/aromatic N) is 1. The van der Waals surface area contributed by atoms with E-state index in [1.165, 1.54) is 0 Å². The van der Waals surface area contributed by atoms with Gasteiger partial charge in [-0.3, -0.25) is 4.90 Å². The van der Waals surface area contributed by atoms with Crippen molar-refractivity contribution < 1.29 is 34.3 Å². The fourth-order valence-corrected chi connectivity index (χ4v) is 11.2. The van der Waals surface area contributed by atoms with E-state index in [1.54, 1.807) is 21.3 Å². The van der Waals surface area contributed by atoms with Gasteiger partial charge < -0.3 is 34.3 Å². The van der Waals surface area contributed by atoms with Crippen molar-refractivity contribution >= 4 is 0 Å². The van der Waals surface area contributed by atoms with E-state index in [4.69, 9.17) is 18.9 Å². The van der Waals surface area contributed by atoms with Gasteiger partial charge in [0.25, 0.3) is 0 Å². The quantitative estimate of drug-likeness (QED) is 0.536. The molecule has 0 aromatic heterocycles. The highest BCUT2D eigenvalue weighted by Crippen LogP contribution is 2.83. The predicted octanol–water partition coefficient (Wildman–Crippen LogP) is -0.0191. The van der Waals surface area contributed by atoms with Crippen molar-refractivity contribution in [2.45, 2.75) is 80.5 Å². The van der Waals surface area contributed by atoms with Gasteiger partial charge in [0.1, 0.15) is 17.4 Å². The molecule has 1 spiro atoms. The Bertz CT molecular complexity index is 839. The van der Waals surface area contributed by atoms with Gasteiger partial charge in [-0.2, -0.15) is 0 Å². The topological polar surface area (TPSA) is 101 Å². The van der Waals surface area contributed by atoms with Gasteiger partial charge in [0.15, 0.2) is 0 Å². The summed E-state index contributed by atoms with van der Waals surface area (Å²) in [7, 11) is 5.06. The van der Waals surface area contributed by atoms with Crippen molar-refractivity contribution in [3.8, 4) is 0 Å². The van der Waals surface area contributed by atoms with Crippen LogP contribution in [0.15, 0.2) is 0 Å². The molecular weight excluding hydrogens is 414 g/mol. The zero-order valence-electron chi connectivity index (χ0n) is 19.4. The summed E-state index contributed by atoms with van der Waals surface area (Å²) in [4.78, 5) is 2.32. The van der Waals surface area contributed by atoms with Crippen molar-refractivity contribution in [2.75, 3.05) is 34.5 Å². The third-order valence-corrected chi connectivity index (χ3v) is 11.6. The van der Waals surface area contributed by atoms with Crippen LogP contribution in [0.2, 0.25) is 0 Å². The zero-order valence-corrected chi connectivity index (χ0v) is 19.4. The lowest BCUT2D eigenvalue weighted by atomic mass is 9.41. The first kappa shape index (κ1) is 21.0. The van der Waals surface area contributed by atoms with Crippen molar-refractivity contribution in [1.29, 1.82) is 0 Å². The van der Waals surface area contributed by atoms with Gasteiger partial charge in [0.2, 0.25) is 0 Å². The SMILES string of the molecule is CCN1[C@@H]2O[C@H]3CC[C@]2(COC)[C@H]2[C@H](OC)[C@]4(O)[C@@H]1[C@@]32[C@@H]1C[C@H]2[C@H](O)[C@@H]1[C@]4(O)C[C@@H]2OC. The third kappa shape index (κ3) is 1.70. The maximum absolute atomic E-state index is 12.9. The molecule has 4 heterocycles. The Labute approximate surface area is 189 Å². The number of methoxy groups -OCH3 is 3. The first-order valence-electron chi connectivity index (χ1n) is 12.4. The Morgan fingerprint density at radius 3 is 2.59 bits per heavy atom. The average molecular weight is 452 g/mol. The lowest BCUT2D eigenvalue weighted by Gasteiger charge is -2.76. The maximum atomic E-state index is 12.9. The Balaban J connectivity index is 1.55. The molecule has 0 aromatic carbocycles. The van der Waals surface area contributed by atoms with Gasteiger partial charge in [-0.25, -0.2) is 0 Å². The van der Waals surface area contributed by atoms with Gasteiger partial charge in [-0.1, -0.05) is 6.92 Å². The second-order valence-electron chi connectivity index (χ2n) is 11.8. The van der Waals surface area contributed by atoms with E-state index >= 15 is 0 Å². The van der Waals surface area contributed by atoms with Crippen LogP contribution in [0.1, 0.15) is 32.6 Å². The molecule has 4 aliphatic heterocycles. The van der Waals surface area contributed by atoms with Crippen molar-refractivity contribution in [3.63, 3.8) is 0 Å². The third-order valence-electron chi connectivity index (χ3n) is 11.6. The first-order chi connectivity index (χ1) is 15.3. The molecule has 8 heteroatoms. The molecule has 5 saturated carbocycles. The molecule has 9 bridgehead atoms. The minimum Gasteiger partial charge on any atom is -0.392 e. The number of rotatable bonds is 5. The van der Waals surface area contributed by atoms with E-state index in [-0.39, 0.29) is 53.1 Å². The number of hydrogen-bond acceptors (Lipinski definition) is 8. The van der Waals surface area contributed by atoms with E-state index < -0.39 is 29.3 Å². The summed E-state index contributed by atoms with van der Waals surface area (Å²) in [5, 5.41) is 36.9. The van der Waals surface area contributed by atoms with E-state index in [1.807, 2.05) is 0 Å². The van der Waals surface area contributed by atoms with Crippen LogP contribution in [0, 0.1) is 34.5 Å². The molecule has 0 radical (unpaired) electrons. The lowest BCUT2D eigenvalue weighted by molar-refractivity contribution is -0.410. The Morgan fingerprint density at radius 2 is 1.94 bits per heavy atom. The van der Waals surface area contributed by atoms with Crippen LogP contribution in [0.25, 0.3) is 0 Å². The van der Waals surface area contributed by atoms with Crippen LogP contribution < -0.4 is 0 Å². The summed E-state index contributed by atoms with van der Waals surface area (Å²) in [6, 6.07) is -0.267. The van der Waals surface area contributed by atoms with E-state index in [0.29, 0.717) is 19.6 Å². The molecule has 14 atom stereocenters. The smallest absolute Gasteiger partial charge is 0.136 e. The number of aliphatic hydroxyl groups is 3. The molecule has 3 N–H and O–H groups in total. The number of likely N-dealkylation sites (N-methyl/N-ethyl adjacent to an activating group) is 1. The second kappa shape index (κ2) is 6.08. The van der Waals surface area contributed by atoms with Crippen LogP contribution in [-0.2, 0) is 18.9 Å². The van der Waals surface area contributed by atoms with Gasteiger partial charge >= 0.3 is 0 Å². The normalized spacial score (nSPS) is 65.7. The molecule has 0 unspecified atom stereocenters. The molecule has 0 amide bonds. The highest BCUT2D eigenvalue weighted by atomic mass is 16.5. The summed E-state index contributed by atoms with van der Waals surface area (Å²) in [5.74, 6) is -0.374. The van der Waals surface area contributed by atoms with Gasteiger partial charge in [0.05, 0.1) is 37.1 Å². The van der Waals surface area contributed by atoms with Crippen LogP contribution >= 0.6 is 0 Å². The summed E-state index contributed by atoms with van der Waals surface area (Å²) < 4.78 is 24.7. The predicted molar refractivity (Wildman–Crippen MR) is 111 cm³/mol. The number of aliphatic hydroxyl groups excluding tert-OH is 1. The molecule has 5 aliphatic carbocycles. The molecule has 9 fully saturated rings. The van der Waals surface area contributed by atoms with Gasteiger partial charge in [0, 0.05) is 56.3 Å². The molecule has 0 aromatic rings. The zero-order chi connectivity index (χ0) is 22.4. The minimum absolute atomic E-state index is 0.00204. The number of ether oxygens (including phenoxy) is 4. The fourth-order valence-electron chi connectivity index (χ4n) is 11.2. The Morgan fingerprint density at radius 1 is 1.16 bits per heavy atom. The highest BCUT2D eigenvalue weighted by molar-refractivity contribution is 5.43. The Hall–Kier alpha value is -0.320. The highest BCUT2D eigenvalue weighted by Gasteiger charge is 2.94. The number of piperidine rings is 1. The van der Waals surface area contributed by atoms with Crippen LogP contribution in [0.3, 0.4) is 0 Å². The second-order valence-corrected chi connectivity index (χ2v) is 11.8. The number of hydrogen-bond donors (Lipinski definition) is 3. The van der Waals surface area contributed by atoms with Crippen LogP contribution in [0.5, 0.6) is 0 Å². The Kier molecular flexibility index (Phi) is 3.99. The van der Waals surface area contributed by atoms with Crippen molar-refractivity contribution in [2.24, 2.45) is 34.5 Å². The monoisotopic (exact) mass is 451 g/mol. The molecule has 9 aliphatic rings. The van der Waals surface area contributed by atoms with Crippen LogP contribution in [-0.4, -0.2) is 103 Å². The first-order valence-corrected chi connectivity index (χ1v) is 12.4. The van der Waals surface area contributed by atoms with Crippen LogP contribution in [0.4, 0.5) is 0 Å². The molecule has 4 saturated heterocycles. The van der Waals surface area contributed by atoms with Gasteiger partial charge in [-0.15, -0.1) is 0 Å². The summed E-state index contributed by atoms with van der Waals surface area (Å²) in [6.45, 7) is 3.37. The van der Waals surface area contributed by atoms with E-state index in [2.05, 4.69) is 11.8 Å². The molecule has 32 heavy (non-hydrogen) atoms. The molecule has 180 valence electrons. The van der Waals surface area contributed by atoms with Crippen molar-refractivity contribution in [1.82, 2.24) is 4.90 Å². The molecule has 8 nitrogen and oxygen atoms in total. The molecule has 9 rings (SSSR count). The van der Waals surface area contributed by atoms with E-state index in [0.717, 1.165) is 19.3 Å². The fraction of sp³-hybridized carbons (Fsp3) is 1.00. The van der Waals surface area contributed by atoms with Crippen molar-refractivity contribution in [3.05, 3.63) is 0 Å². The average Bonchev–Trinajstić information content (AvgIpc) is 3.17. The summed E-state index contributed by atoms with van der Waals surface area (Å²) in [6.07, 6.45) is 1.31. The number of fused-ring (bicyclic) bond motifs is 3. The molecular formula is C24H37NO7. The van der Waals surface area contributed by atoms with E-state index in [9.17, 15) is 15.3 Å². The minimum atomic E-state index is -1.52.